The predicted octanol–water partition coefficient (Wildman–Crippen LogP) is 1.63. The Hall–Kier alpha value is -1.30. The lowest BCUT2D eigenvalue weighted by Crippen LogP contribution is -2.65. The fourth-order valence-corrected chi connectivity index (χ4v) is 3.24. The van der Waals surface area contributed by atoms with Gasteiger partial charge in [-0.15, -0.1) is 0 Å². The average Bonchev–Trinajstić information content (AvgIpc) is 2.49. The van der Waals surface area contributed by atoms with Gasteiger partial charge in [-0.3, -0.25) is 4.79 Å². The highest BCUT2D eigenvalue weighted by molar-refractivity contribution is 5.77. The van der Waals surface area contributed by atoms with Crippen LogP contribution in [0.25, 0.3) is 0 Å². The summed E-state index contributed by atoms with van der Waals surface area (Å²) in [5.74, 6) is 0.224. The molecule has 0 aromatic carbocycles. The number of amides is 3. The number of hydrogen-bond donors (Lipinski definition) is 3. The van der Waals surface area contributed by atoms with Gasteiger partial charge in [0.15, 0.2) is 0 Å². The molecule has 1 aliphatic heterocycles. The van der Waals surface area contributed by atoms with Gasteiger partial charge in [-0.25, -0.2) is 4.79 Å². The van der Waals surface area contributed by atoms with Crippen LogP contribution in [0.3, 0.4) is 0 Å². The van der Waals surface area contributed by atoms with Crippen molar-refractivity contribution in [3.8, 4) is 0 Å². The number of nitrogens with one attached hydrogen (secondary N) is 2. The Kier molecular flexibility index (Phi) is 6.27. The molecule has 0 unspecified atom stereocenters. The zero-order valence-electron chi connectivity index (χ0n) is 14.4. The van der Waals surface area contributed by atoms with Gasteiger partial charge in [0.25, 0.3) is 0 Å². The molecule has 0 aromatic rings. The van der Waals surface area contributed by atoms with E-state index >= 15 is 0 Å². The Morgan fingerprint density at radius 3 is 2.48 bits per heavy atom. The van der Waals surface area contributed by atoms with Crippen molar-refractivity contribution in [1.29, 1.82) is 0 Å². The SMILES string of the molecule is CC(C)C1(O)CN(C(=O)CCCNC(=O)NC2CCCCC2)C1. The second-order valence-electron chi connectivity index (χ2n) is 7.35. The maximum absolute atomic E-state index is 12.0. The van der Waals surface area contributed by atoms with E-state index < -0.39 is 5.60 Å². The number of nitrogens with zero attached hydrogens (tertiary/aromatic N) is 1. The number of aliphatic hydroxyl groups is 1. The molecule has 1 saturated carbocycles. The van der Waals surface area contributed by atoms with Gasteiger partial charge in [0.1, 0.15) is 5.60 Å². The first-order valence-electron chi connectivity index (χ1n) is 8.95. The number of hydrogen-bond acceptors (Lipinski definition) is 3. The Balaban J connectivity index is 1.53. The molecule has 132 valence electrons. The lowest BCUT2D eigenvalue weighted by Gasteiger charge is -2.49. The van der Waals surface area contributed by atoms with E-state index in [1.807, 2.05) is 13.8 Å². The first-order valence-corrected chi connectivity index (χ1v) is 8.95. The molecule has 3 amide bonds. The summed E-state index contributed by atoms with van der Waals surface area (Å²) in [5.41, 5.74) is -0.714. The minimum atomic E-state index is -0.714. The van der Waals surface area contributed by atoms with E-state index in [2.05, 4.69) is 10.6 Å². The number of β-amino-alcohol motifs (C(OH)–C–C–N with tert-alkyl or cyclic N) is 1. The van der Waals surface area contributed by atoms with Crippen molar-refractivity contribution in [3.05, 3.63) is 0 Å². The number of likely N-dealkylation sites (tertiary alicyclic amines) is 1. The summed E-state index contributed by atoms with van der Waals surface area (Å²) in [5, 5.41) is 16.0. The summed E-state index contributed by atoms with van der Waals surface area (Å²) in [4.78, 5) is 25.4. The zero-order valence-corrected chi connectivity index (χ0v) is 14.4. The summed E-state index contributed by atoms with van der Waals surface area (Å²) in [6.45, 7) is 5.30. The lowest BCUT2D eigenvalue weighted by atomic mass is 9.83. The third kappa shape index (κ3) is 5.09. The Morgan fingerprint density at radius 2 is 1.87 bits per heavy atom. The lowest BCUT2D eigenvalue weighted by molar-refractivity contribution is -0.163. The normalized spacial score (nSPS) is 21.0. The van der Waals surface area contributed by atoms with Gasteiger partial charge < -0.3 is 20.6 Å². The number of urea groups is 1. The van der Waals surface area contributed by atoms with Crippen LogP contribution in [-0.2, 0) is 4.79 Å². The Morgan fingerprint density at radius 1 is 1.22 bits per heavy atom. The highest BCUT2D eigenvalue weighted by Crippen LogP contribution is 2.28. The van der Waals surface area contributed by atoms with Crippen molar-refractivity contribution >= 4 is 11.9 Å². The summed E-state index contributed by atoms with van der Waals surface area (Å²) in [6.07, 6.45) is 6.84. The molecule has 6 nitrogen and oxygen atoms in total. The minimum absolute atomic E-state index is 0.0600. The van der Waals surface area contributed by atoms with Crippen molar-refractivity contribution < 1.29 is 14.7 Å². The molecule has 23 heavy (non-hydrogen) atoms. The van der Waals surface area contributed by atoms with Crippen LogP contribution in [0.15, 0.2) is 0 Å². The Bertz CT molecular complexity index is 413. The first kappa shape index (κ1) is 18.0. The molecule has 0 radical (unpaired) electrons. The van der Waals surface area contributed by atoms with Gasteiger partial charge in [-0.05, 0) is 25.2 Å². The molecule has 2 fully saturated rings. The highest BCUT2D eigenvalue weighted by Gasteiger charge is 2.45. The molecular weight excluding hydrogens is 294 g/mol. The standard InChI is InChI=1S/C17H31N3O3/c1-13(2)17(23)11-20(12-17)15(21)9-6-10-18-16(22)19-14-7-4-3-5-8-14/h13-14,23H,3-12H2,1-2H3,(H2,18,19,22). The maximum atomic E-state index is 12.0. The van der Waals surface area contributed by atoms with Crippen LogP contribution in [0.4, 0.5) is 4.79 Å². The van der Waals surface area contributed by atoms with Gasteiger partial charge in [0, 0.05) is 19.0 Å². The zero-order chi connectivity index (χ0) is 16.9. The summed E-state index contributed by atoms with van der Waals surface area (Å²) < 4.78 is 0. The third-order valence-electron chi connectivity index (χ3n) is 5.15. The average molecular weight is 325 g/mol. The first-order chi connectivity index (χ1) is 10.9. The van der Waals surface area contributed by atoms with Crippen molar-refractivity contribution in [2.45, 2.75) is 70.4 Å². The van der Waals surface area contributed by atoms with Crippen LogP contribution >= 0.6 is 0 Å². The fourth-order valence-electron chi connectivity index (χ4n) is 3.24. The van der Waals surface area contributed by atoms with E-state index in [9.17, 15) is 14.7 Å². The van der Waals surface area contributed by atoms with E-state index in [-0.39, 0.29) is 17.9 Å². The summed E-state index contributed by atoms with van der Waals surface area (Å²) in [7, 11) is 0. The van der Waals surface area contributed by atoms with E-state index in [0.717, 1.165) is 12.8 Å². The monoisotopic (exact) mass is 325 g/mol. The van der Waals surface area contributed by atoms with E-state index in [1.165, 1.54) is 19.3 Å². The second-order valence-corrected chi connectivity index (χ2v) is 7.35. The van der Waals surface area contributed by atoms with Crippen molar-refractivity contribution in [2.75, 3.05) is 19.6 Å². The van der Waals surface area contributed by atoms with Gasteiger partial charge in [0.05, 0.1) is 13.1 Å². The van der Waals surface area contributed by atoms with Gasteiger partial charge in [0.2, 0.25) is 5.91 Å². The van der Waals surface area contributed by atoms with Crippen LogP contribution in [0.2, 0.25) is 0 Å². The molecule has 1 aliphatic carbocycles. The van der Waals surface area contributed by atoms with Crippen LogP contribution in [0.1, 0.15) is 58.8 Å². The van der Waals surface area contributed by atoms with Gasteiger partial charge in [-0.2, -0.15) is 0 Å². The molecule has 0 aromatic heterocycles. The predicted molar refractivity (Wildman–Crippen MR) is 89.0 cm³/mol. The molecule has 1 heterocycles. The maximum Gasteiger partial charge on any atom is 0.315 e. The molecular formula is C17H31N3O3. The summed E-state index contributed by atoms with van der Waals surface area (Å²) in [6, 6.07) is 0.183. The molecule has 0 bridgehead atoms. The molecule has 0 spiro atoms. The quantitative estimate of drug-likeness (QED) is 0.649. The molecule has 6 heteroatoms. The molecule has 1 saturated heterocycles. The van der Waals surface area contributed by atoms with Crippen LogP contribution in [0, 0.1) is 5.92 Å². The molecule has 2 rings (SSSR count). The molecule has 2 aliphatic rings. The minimum Gasteiger partial charge on any atom is -0.386 e. The molecule has 3 N–H and O–H groups in total. The fraction of sp³-hybridized carbons (Fsp3) is 0.882. The second kappa shape index (κ2) is 7.99. The van der Waals surface area contributed by atoms with Gasteiger partial charge >= 0.3 is 6.03 Å². The highest BCUT2D eigenvalue weighted by atomic mass is 16.3. The van der Waals surface area contributed by atoms with Crippen LogP contribution < -0.4 is 10.6 Å². The van der Waals surface area contributed by atoms with Crippen LogP contribution in [0.5, 0.6) is 0 Å². The molecule has 0 atom stereocenters. The number of carbonyl (C=O) groups excluding carboxylic acids is 2. The van der Waals surface area contributed by atoms with E-state index in [0.29, 0.717) is 38.5 Å². The number of carbonyl (C=O) groups is 2. The van der Waals surface area contributed by atoms with Crippen molar-refractivity contribution in [2.24, 2.45) is 5.92 Å². The smallest absolute Gasteiger partial charge is 0.315 e. The van der Waals surface area contributed by atoms with Gasteiger partial charge in [-0.1, -0.05) is 33.1 Å². The van der Waals surface area contributed by atoms with E-state index in [4.69, 9.17) is 0 Å². The van der Waals surface area contributed by atoms with Crippen LogP contribution in [-0.4, -0.2) is 53.2 Å². The summed E-state index contributed by atoms with van der Waals surface area (Å²) >= 11 is 0. The topological polar surface area (TPSA) is 81.7 Å². The van der Waals surface area contributed by atoms with Crippen molar-refractivity contribution in [3.63, 3.8) is 0 Å². The largest absolute Gasteiger partial charge is 0.386 e. The van der Waals surface area contributed by atoms with E-state index in [1.54, 1.807) is 4.90 Å². The third-order valence-corrected chi connectivity index (χ3v) is 5.15. The Labute approximate surface area is 139 Å². The number of rotatable bonds is 6. The van der Waals surface area contributed by atoms with Crippen molar-refractivity contribution in [1.82, 2.24) is 15.5 Å².